The third-order valence-corrected chi connectivity index (χ3v) is 6.89. The number of methoxy groups -OCH3 is 2. The summed E-state index contributed by atoms with van der Waals surface area (Å²) >= 11 is 6.00. The Morgan fingerprint density at radius 2 is 1.74 bits per heavy atom. The molecule has 2 heterocycles. The zero-order chi connectivity index (χ0) is 24.0. The zero-order valence-corrected chi connectivity index (χ0v) is 20.4. The van der Waals surface area contributed by atoms with Gasteiger partial charge in [-0.3, -0.25) is 14.6 Å². The van der Waals surface area contributed by atoms with Crippen LogP contribution in [0.4, 0.5) is 5.69 Å². The molecule has 1 amide bonds. The quantitative estimate of drug-likeness (QED) is 0.466. The van der Waals surface area contributed by atoms with Crippen LogP contribution in [0.1, 0.15) is 40.9 Å². The standard InChI is InChI=1S/C27H26N2O4S/c1-17-8-12-19(13-9-17)29-26(34)28(25(30)18-10-14-20(31-3)15-11-18)22-16-27(29,2)33-24-21(22)6-5-7-23(24)32-4/h5-15,22H,16H2,1-4H3. The van der Waals surface area contributed by atoms with Crippen molar-refractivity contribution >= 4 is 28.9 Å². The number of rotatable bonds is 4. The number of carbonyl (C=O) groups is 1. The summed E-state index contributed by atoms with van der Waals surface area (Å²) in [5.41, 5.74) is 2.62. The Morgan fingerprint density at radius 1 is 1.03 bits per heavy atom. The second-order valence-corrected chi connectivity index (χ2v) is 9.10. The molecule has 3 aromatic rings. The number of hydrogen-bond acceptors (Lipinski definition) is 5. The van der Waals surface area contributed by atoms with Gasteiger partial charge in [-0.05, 0) is 68.5 Å². The van der Waals surface area contributed by atoms with Gasteiger partial charge in [-0.2, -0.15) is 0 Å². The second-order valence-electron chi connectivity index (χ2n) is 8.73. The van der Waals surface area contributed by atoms with Crippen LogP contribution in [-0.2, 0) is 0 Å². The summed E-state index contributed by atoms with van der Waals surface area (Å²) in [6.07, 6.45) is 0.545. The van der Waals surface area contributed by atoms with Crippen LogP contribution in [-0.4, -0.2) is 35.9 Å². The minimum Gasteiger partial charge on any atom is -0.497 e. The number of aryl methyl sites for hydroxylation is 1. The van der Waals surface area contributed by atoms with Crippen LogP contribution < -0.4 is 19.1 Å². The van der Waals surface area contributed by atoms with Gasteiger partial charge in [0.05, 0.1) is 20.3 Å². The van der Waals surface area contributed by atoms with Crippen LogP contribution in [0, 0.1) is 6.92 Å². The lowest BCUT2D eigenvalue weighted by Gasteiger charge is -2.55. The molecule has 0 aromatic heterocycles. The molecule has 0 spiro atoms. The van der Waals surface area contributed by atoms with Gasteiger partial charge in [-0.25, -0.2) is 0 Å². The Morgan fingerprint density at radius 3 is 2.38 bits per heavy atom. The lowest BCUT2D eigenvalue weighted by atomic mass is 9.88. The first kappa shape index (κ1) is 22.2. The number of thiocarbonyl (C=S) groups is 1. The number of benzene rings is 3. The topological polar surface area (TPSA) is 51.2 Å². The fraction of sp³-hybridized carbons (Fsp3) is 0.259. The largest absolute Gasteiger partial charge is 0.497 e. The van der Waals surface area contributed by atoms with Gasteiger partial charge in [0, 0.05) is 23.2 Å². The highest BCUT2D eigenvalue weighted by atomic mass is 32.1. The molecule has 1 saturated heterocycles. The van der Waals surface area contributed by atoms with Gasteiger partial charge in [0.25, 0.3) is 5.91 Å². The fourth-order valence-corrected chi connectivity index (χ4v) is 5.29. The molecule has 0 radical (unpaired) electrons. The maximum atomic E-state index is 13.9. The van der Waals surface area contributed by atoms with Crippen molar-refractivity contribution in [3.63, 3.8) is 0 Å². The molecule has 7 heteroatoms. The molecule has 2 aliphatic rings. The van der Waals surface area contributed by atoms with Gasteiger partial charge in [-0.1, -0.05) is 29.8 Å². The predicted octanol–water partition coefficient (Wildman–Crippen LogP) is 5.50. The first-order valence-corrected chi connectivity index (χ1v) is 11.5. The Balaban J connectivity index is 1.67. The van der Waals surface area contributed by atoms with Crippen molar-refractivity contribution in [1.29, 1.82) is 0 Å². The average Bonchev–Trinajstić information content (AvgIpc) is 2.84. The highest BCUT2D eigenvalue weighted by Gasteiger charge is 2.54. The van der Waals surface area contributed by atoms with E-state index in [0.717, 1.165) is 16.8 Å². The number of ether oxygens (including phenoxy) is 3. The summed E-state index contributed by atoms with van der Waals surface area (Å²) in [7, 11) is 3.22. The van der Waals surface area contributed by atoms with E-state index < -0.39 is 5.72 Å². The van der Waals surface area contributed by atoms with Crippen LogP contribution in [0.5, 0.6) is 17.2 Å². The van der Waals surface area contributed by atoms with Crippen LogP contribution >= 0.6 is 12.2 Å². The van der Waals surface area contributed by atoms with E-state index in [1.165, 1.54) is 0 Å². The van der Waals surface area contributed by atoms with Gasteiger partial charge >= 0.3 is 0 Å². The van der Waals surface area contributed by atoms with Gasteiger partial charge < -0.3 is 14.2 Å². The van der Waals surface area contributed by atoms with E-state index in [-0.39, 0.29) is 11.9 Å². The maximum Gasteiger partial charge on any atom is 0.260 e. The van der Waals surface area contributed by atoms with Crippen molar-refractivity contribution < 1.29 is 19.0 Å². The van der Waals surface area contributed by atoms with Crippen molar-refractivity contribution in [1.82, 2.24) is 4.90 Å². The normalized spacial score (nSPS) is 20.9. The first-order valence-electron chi connectivity index (χ1n) is 11.1. The lowest BCUT2D eigenvalue weighted by molar-refractivity contribution is 0.0162. The number of carbonyl (C=O) groups excluding carboxylic acids is 1. The summed E-state index contributed by atoms with van der Waals surface area (Å²) in [6.45, 7) is 4.05. The monoisotopic (exact) mass is 474 g/mol. The molecule has 174 valence electrons. The van der Waals surface area contributed by atoms with Crippen LogP contribution in [0.25, 0.3) is 0 Å². The van der Waals surface area contributed by atoms with E-state index >= 15 is 0 Å². The minimum absolute atomic E-state index is 0.174. The van der Waals surface area contributed by atoms with E-state index in [4.69, 9.17) is 26.4 Å². The number of fused-ring (bicyclic) bond motifs is 4. The van der Waals surface area contributed by atoms with E-state index in [1.807, 2.05) is 61.2 Å². The summed E-state index contributed by atoms with van der Waals surface area (Å²) in [6, 6.07) is 20.6. The Hall–Kier alpha value is -3.58. The zero-order valence-electron chi connectivity index (χ0n) is 19.6. The van der Waals surface area contributed by atoms with Crippen molar-refractivity contribution in [2.75, 3.05) is 19.1 Å². The number of anilines is 1. The molecule has 2 unspecified atom stereocenters. The molecule has 3 aromatic carbocycles. The molecule has 34 heavy (non-hydrogen) atoms. The van der Waals surface area contributed by atoms with E-state index in [0.29, 0.717) is 34.3 Å². The maximum absolute atomic E-state index is 13.9. The molecule has 0 aliphatic carbocycles. The molecule has 5 rings (SSSR count). The van der Waals surface area contributed by atoms with Crippen LogP contribution in [0.3, 0.4) is 0 Å². The summed E-state index contributed by atoms with van der Waals surface area (Å²) in [5, 5.41) is 0.400. The van der Waals surface area contributed by atoms with Crippen molar-refractivity contribution in [3.8, 4) is 17.2 Å². The van der Waals surface area contributed by atoms with Gasteiger partial charge in [-0.15, -0.1) is 0 Å². The van der Waals surface area contributed by atoms with Gasteiger partial charge in [0.2, 0.25) is 0 Å². The summed E-state index contributed by atoms with van der Waals surface area (Å²) in [5.74, 6) is 1.78. The first-order chi connectivity index (χ1) is 16.4. The molecular weight excluding hydrogens is 448 g/mol. The third kappa shape index (κ3) is 3.47. The molecule has 1 fully saturated rings. The highest BCUT2D eigenvalue weighted by molar-refractivity contribution is 7.80. The molecule has 6 nitrogen and oxygen atoms in total. The third-order valence-electron chi connectivity index (χ3n) is 6.51. The van der Waals surface area contributed by atoms with E-state index in [2.05, 4.69) is 0 Å². The molecule has 0 N–H and O–H groups in total. The molecular formula is C27H26N2O4S. The number of nitrogens with zero attached hydrogens (tertiary/aromatic N) is 2. The Labute approximate surface area is 204 Å². The highest BCUT2D eigenvalue weighted by Crippen LogP contribution is 2.52. The number of amides is 1. The lowest BCUT2D eigenvalue weighted by Crippen LogP contribution is -2.67. The van der Waals surface area contributed by atoms with Gasteiger partial charge in [0.1, 0.15) is 5.75 Å². The molecule has 2 bridgehead atoms. The smallest absolute Gasteiger partial charge is 0.260 e. The molecule has 2 atom stereocenters. The van der Waals surface area contributed by atoms with Crippen LogP contribution in [0.15, 0.2) is 66.7 Å². The van der Waals surface area contributed by atoms with Gasteiger partial charge in [0.15, 0.2) is 22.3 Å². The Bertz CT molecular complexity index is 1260. The number of hydrogen-bond donors (Lipinski definition) is 0. The van der Waals surface area contributed by atoms with Crippen LogP contribution in [0.2, 0.25) is 0 Å². The van der Waals surface area contributed by atoms with E-state index in [9.17, 15) is 4.79 Å². The van der Waals surface area contributed by atoms with E-state index in [1.54, 1.807) is 43.4 Å². The number of para-hydroxylation sites is 1. The minimum atomic E-state index is -0.796. The predicted molar refractivity (Wildman–Crippen MR) is 135 cm³/mol. The summed E-state index contributed by atoms with van der Waals surface area (Å²) in [4.78, 5) is 17.6. The van der Waals surface area contributed by atoms with Crippen molar-refractivity contribution in [2.45, 2.75) is 32.0 Å². The Kier molecular flexibility index (Phi) is 5.44. The van der Waals surface area contributed by atoms with Crippen molar-refractivity contribution in [3.05, 3.63) is 83.4 Å². The fourth-order valence-electron chi connectivity index (χ4n) is 4.78. The average molecular weight is 475 g/mol. The summed E-state index contributed by atoms with van der Waals surface area (Å²) < 4.78 is 17.5. The molecule has 0 saturated carbocycles. The SMILES string of the molecule is COc1ccc(C(=O)N2C(=S)N(c3ccc(C)cc3)C3(C)CC2c2cccc(OC)c2O3)cc1. The second kappa shape index (κ2) is 8.33. The van der Waals surface area contributed by atoms with Crippen molar-refractivity contribution in [2.24, 2.45) is 0 Å². The molecule has 2 aliphatic heterocycles.